The predicted molar refractivity (Wildman–Crippen MR) is 117 cm³/mol. The molecule has 1 aliphatic heterocycles. The minimum atomic E-state index is -4.36. The lowest BCUT2D eigenvalue weighted by Crippen LogP contribution is -2.46. The highest BCUT2D eigenvalue weighted by atomic mass is 19.4. The van der Waals surface area contributed by atoms with E-state index in [4.69, 9.17) is 0 Å². The fourth-order valence-corrected chi connectivity index (χ4v) is 3.76. The molecule has 4 rings (SSSR count). The van der Waals surface area contributed by atoms with E-state index in [2.05, 4.69) is 15.2 Å². The molecule has 1 aromatic heterocycles. The van der Waals surface area contributed by atoms with E-state index in [-0.39, 0.29) is 5.56 Å². The molecule has 1 saturated heterocycles. The number of aromatic nitrogens is 1. The molecule has 0 radical (unpaired) electrons. The Labute approximate surface area is 192 Å². The molecule has 0 aliphatic carbocycles. The number of benzene rings is 2. The van der Waals surface area contributed by atoms with Gasteiger partial charge in [0.25, 0.3) is 5.91 Å². The van der Waals surface area contributed by atoms with E-state index in [1.807, 2.05) is 4.90 Å². The maximum Gasteiger partial charge on any atom is 0.416 e. The first-order valence-corrected chi connectivity index (χ1v) is 10.5. The zero-order valence-electron chi connectivity index (χ0n) is 17.9. The number of pyridine rings is 1. The van der Waals surface area contributed by atoms with Crippen molar-refractivity contribution in [2.75, 3.05) is 36.4 Å². The molecule has 34 heavy (non-hydrogen) atoms. The highest BCUT2D eigenvalue weighted by Crippen LogP contribution is 2.30. The van der Waals surface area contributed by atoms with Gasteiger partial charge in [-0.3, -0.25) is 9.69 Å². The molecular weight excluding hydrogens is 455 g/mol. The summed E-state index contributed by atoms with van der Waals surface area (Å²) in [6.45, 7) is 3.01. The number of nitrogens with one attached hydrogen (secondary N) is 1. The second kappa shape index (κ2) is 9.76. The normalized spacial score (nSPS) is 14.8. The van der Waals surface area contributed by atoms with Crippen LogP contribution in [0.3, 0.4) is 0 Å². The van der Waals surface area contributed by atoms with Crippen LogP contribution in [0, 0.1) is 11.6 Å². The summed E-state index contributed by atoms with van der Waals surface area (Å²) in [5.41, 5.74) is 0.0456. The van der Waals surface area contributed by atoms with Crippen molar-refractivity contribution in [1.82, 2.24) is 9.88 Å². The van der Waals surface area contributed by atoms with Crippen LogP contribution < -0.4 is 10.2 Å². The number of carbonyl (C=O) groups excluding carboxylic acids is 1. The average Bonchev–Trinajstić information content (AvgIpc) is 2.80. The summed E-state index contributed by atoms with van der Waals surface area (Å²) >= 11 is 0. The van der Waals surface area contributed by atoms with Gasteiger partial charge >= 0.3 is 6.18 Å². The molecule has 0 spiro atoms. The molecule has 0 saturated carbocycles. The van der Waals surface area contributed by atoms with Gasteiger partial charge in [0.15, 0.2) is 0 Å². The smallest absolute Gasteiger partial charge is 0.354 e. The van der Waals surface area contributed by atoms with Crippen LogP contribution in [0.4, 0.5) is 33.5 Å². The molecule has 1 aliphatic rings. The second-order valence-corrected chi connectivity index (χ2v) is 7.94. The third-order valence-electron chi connectivity index (χ3n) is 5.54. The summed E-state index contributed by atoms with van der Waals surface area (Å²) in [6, 6.07) is 11.4. The first-order valence-electron chi connectivity index (χ1n) is 10.5. The third kappa shape index (κ3) is 5.69. The van der Waals surface area contributed by atoms with Gasteiger partial charge in [0.2, 0.25) is 0 Å². The molecule has 2 aromatic carbocycles. The first-order chi connectivity index (χ1) is 16.2. The van der Waals surface area contributed by atoms with E-state index >= 15 is 0 Å². The summed E-state index contributed by atoms with van der Waals surface area (Å²) in [5.74, 6) is -1.75. The van der Waals surface area contributed by atoms with Crippen LogP contribution in [0.15, 0.2) is 60.8 Å². The fourth-order valence-electron chi connectivity index (χ4n) is 3.76. The van der Waals surface area contributed by atoms with Crippen molar-refractivity contribution in [3.63, 3.8) is 0 Å². The molecule has 0 bridgehead atoms. The lowest BCUT2D eigenvalue weighted by atomic mass is 10.1. The molecule has 5 nitrogen and oxygen atoms in total. The lowest BCUT2D eigenvalue weighted by Gasteiger charge is -2.35. The number of alkyl halides is 3. The predicted octanol–water partition coefficient (Wildman–Crippen LogP) is 4.95. The molecule has 1 fully saturated rings. The van der Waals surface area contributed by atoms with Crippen molar-refractivity contribution in [3.8, 4) is 0 Å². The molecule has 10 heteroatoms. The summed E-state index contributed by atoms with van der Waals surface area (Å²) in [6.07, 6.45) is -2.91. The second-order valence-electron chi connectivity index (χ2n) is 7.94. The number of anilines is 2. The SMILES string of the molecule is O=C(Nc1ccc(N2CCN(Cc3cccc(C(F)(F)F)c3)CC2)nc1)c1ccc(F)cc1F. The van der Waals surface area contributed by atoms with Crippen LogP contribution in [-0.2, 0) is 12.7 Å². The van der Waals surface area contributed by atoms with Crippen molar-refractivity contribution in [1.29, 1.82) is 0 Å². The maximum atomic E-state index is 13.8. The largest absolute Gasteiger partial charge is 0.416 e. The van der Waals surface area contributed by atoms with Crippen molar-refractivity contribution in [2.45, 2.75) is 12.7 Å². The number of hydrogen-bond donors (Lipinski definition) is 1. The highest BCUT2D eigenvalue weighted by Gasteiger charge is 2.30. The molecule has 2 heterocycles. The summed E-state index contributed by atoms with van der Waals surface area (Å²) in [5, 5.41) is 2.53. The topological polar surface area (TPSA) is 48.5 Å². The molecular formula is C24H21F5N4O. The fraction of sp³-hybridized carbons (Fsp3) is 0.250. The van der Waals surface area contributed by atoms with Gasteiger partial charge in [-0.1, -0.05) is 18.2 Å². The number of halogens is 5. The van der Waals surface area contributed by atoms with Crippen molar-refractivity contribution >= 4 is 17.4 Å². The van der Waals surface area contributed by atoms with Gasteiger partial charge in [-0.15, -0.1) is 0 Å². The van der Waals surface area contributed by atoms with Gasteiger partial charge in [0.1, 0.15) is 17.5 Å². The van der Waals surface area contributed by atoms with E-state index in [0.717, 1.165) is 18.2 Å². The quantitative estimate of drug-likeness (QED) is 0.530. The standard InChI is InChI=1S/C24H21F5N4O/c25-18-4-6-20(21(26)13-18)23(34)31-19-5-7-22(30-14-19)33-10-8-32(9-11-33)15-16-2-1-3-17(12-16)24(27,28)29/h1-7,12-14H,8-11,15H2,(H,31,34). The van der Waals surface area contributed by atoms with E-state index in [0.29, 0.717) is 55.9 Å². The first kappa shape index (κ1) is 23.6. The number of carbonyl (C=O) groups is 1. The van der Waals surface area contributed by atoms with Crippen LogP contribution in [-0.4, -0.2) is 42.0 Å². The van der Waals surface area contributed by atoms with Gasteiger partial charge in [0.05, 0.1) is 23.0 Å². The number of nitrogens with zero attached hydrogens (tertiary/aromatic N) is 3. The highest BCUT2D eigenvalue weighted by molar-refractivity contribution is 6.04. The van der Waals surface area contributed by atoms with Gasteiger partial charge < -0.3 is 10.2 Å². The lowest BCUT2D eigenvalue weighted by molar-refractivity contribution is -0.137. The zero-order chi connectivity index (χ0) is 24.3. The maximum absolute atomic E-state index is 13.8. The van der Waals surface area contributed by atoms with Gasteiger partial charge in [-0.05, 0) is 35.9 Å². The molecule has 1 N–H and O–H groups in total. The molecule has 1 amide bonds. The number of amides is 1. The van der Waals surface area contributed by atoms with Crippen LogP contribution >= 0.6 is 0 Å². The monoisotopic (exact) mass is 476 g/mol. The van der Waals surface area contributed by atoms with Crippen LogP contribution in [0.5, 0.6) is 0 Å². The zero-order valence-corrected chi connectivity index (χ0v) is 17.9. The third-order valence-corrected chi connectivity index (χ3v) is 5.54. The van der Waals surface area contributed by atoms with Crippen LogP contribution in [0.1, 0.15) is 21.5 Å². The molecule has 178 valence electrons. The van der Waals surface area contributed by atoms with Crippen molar-refractivity contribution in [3.05, 3.63) is 89.1 Å². The van der Waals surface area contributed by atoms with Crippen molar-refractivity contribution in [2.24, 2.45) is 0 Å². The van der Waals surface area contributed by atoms with Gasteiger partial charge in [-0.2, -0.15) is 13.2 Å². The Balaban J connectivity index is 1.31. The Bertz CT molecular complexity index is 1160. The Hall–Kier alpha value is -3.53. The average molecular weight is 476 g/mol. The van der Waals surface area contributed by atoms with E-state index in [1.165, 1.54) is 18.3 Å². The number of rotatable bonds is 5. The van der Waals surface area contributed by atoms with Crippen LogP contribution in [0.2, 0.25) is 0 Å². The van der Waals surface area contributed by atoms with Gasteiger partial charge in [-0.25, -0.2) is 13.8 Å². The molecule has 3 aromatic rings. The Kier molecular flexibility index (Phi) is 6.78. The summed E-state index contributed by atoms with van der Waals surface area (Å²) < 4.78 is 65.6. The number of hydrogen-bond acceptors (Lipinski definition) is 4. The van der Waals surface area contributed by atoms with Crippen LogP contribution in [0.25, 0.3) is 0 Å². The van der Waals surface area contributed by atoms with Crippen molar-refractivity contribution < 1.29 is 26.7 Å². The Morgan fingerprint density at radius 2 is 1.74 bits per heavy atom. The number of piperazine rings is 1. The van der Waals surface area contributed by atoms with E-state index in [9.17, 15) is 26.7 Å². The molecule has 0 unspecified atom stereocenters. The molecule has 0 atom stereocenters. The minimum Gasteiger partial charge on any atom is -0.354 e. The van der Waals surface area contributed by atoms with Gasteiger partial charge in [0, 0.05) is 38.8 Å². The van der Waals surface area contributed by atoms with E-state index in [1.54, 1.807) is 18.2 Å². The Morgan fingerprint density at radius 3 is 2.38 bits per heavy atom. The Morgan fingerprint density at radius 1 is 0.971 bits per heavy atom. The summed E-state index contributed by atoms with van der Waals surface area (Å²) in [4.78, 5) is 20.7. The minimum absolute atomic E-state index is 0.276. The van der Waals surface area contributed by atoms with E-state index < -0.39 is 29.3 Å². The summed E-state index contributed by atoms with van der Waals surface area (Å²) in [7, 11) is 0.